The van der Waals surface area contributed by atoms with Crippen molar-refractivity contribution in [1.29, 1.82) is 0 Å². The van der Waals surface area contributed by atoms with E-state index in [1.54, 1.807) is 56.0 Å². The Morgan fingerprint density at radius 1 is 1.21 bits per heavy atom. The van der Waals surface area contributed by atoms with E-state index in [4.69, 9.17) is 5.21 Å². The lowest BCUT2D eigenvalue weighted by atomic mass is 9.88. The van der Waals surface area contributed by atoms with Crippen LogP contribution in [-0.4, -0.2) is 30.7 Å². The molecule has 1 amide bonds. The van der Waals surface area contributed by atoms with Crippen molar-refractivity contribution < 1.29 is 14.4 Å². The summed E-state index contributed by atoms with van der Waals surface area (Å²) >= 11 is 0. The van der Waals surface area contributed by atoms with Crippen molar-refractivity contribution in [2.75, 3.05) is 0 Å². The summed E-state index contributed by atoms with van der Waals surface area (Å²) in [6.07, 6.45) is 4.49. The monoisotopic (exact) mass is 385 g/mol. The molecular formula is C19H20FN5O3. The maximum Gasteiger partial charge on any atom is 0.251 e. The summed E-state index contributed by atoms with van der Waals surface area (Å²) in [5, 5.41) is 16.8. The Morgan fingerprint density at radius 2 is 1.86 bits per heavy atom. The Bertz CT molecular complexity index is 1030. The van der Waals surface area contributed by atoms with Crippen molar-refractivity contribution >= 4 is 5.91 Å². The number of carbonyl (C=O) groups is 1. The highest BCUT2D eigenvalue weighted by molar-refractivity contribution is 5.80. The summed E-state index contributed by atoms with van der Waals surface area (Å²) in [6, 6.07) is 8.08. The van der Waals surface area contributed by atoms with Gasteiger partial charge in [0, 0.05) is 29.8 Å². The zero-order valence-electron chi connectivity index (χ0n) is 15.5. The van der Waals surface area contributed by atoms with Crippen molar-refractivity contribution in [3.63, 3.8) is 0 Å². The third-order valence-electron chi connectivity index (χ3n) is 4.60. The number of hydrogen-bond acceptors (Lipinski definition) is 5. The molecular weight excluding hydrogens is 365 g/mol. The Labute approximate surface area is 160 Å². The van der Waals surface area contributed by atoms with Crippen molar-refractivity contribution in [2.45, 2.75) is 26.8 Å². The molecule has 0 spiro atoms. The normalized spacial score (nSPS) is 11.4. The van der Waals surface area contributed by atoms with Crippen LogP contribution in [0.25, 0.3) is 16.8 Å². The summed E-state index contributed by atoms with van der Waals surface area (Å²) in [5.41, 5.74) is 1.78. The molecule has 1 aromatic carbocycles. The molecule has 28 heavy (non-hydrogen) atoms. The van der Waals surface area contributed by atoms with E-state index in [-0.39, 0.29) is 24.1 Å². The molecule has 0 aliphatic rings. The van der Waals surface area contributed by atoms with Gasteiger partial charge in [0.05, 0.1) is 18.1 Å². The maximum absolute atomic E-state index is 14.6. The number of hydroxylamine groups is 1. The van der Waals surface area contributed by atoms with Gasteiger partial charge in [0.25, 0.3) is 5.56 Å². The minimum Gasteiger partial charge on any atom is -0.313 e. The molecule has 8 nitrogen and oxygen atoms in total. The highest BCUT2D eigenvalue weighted by Crippen LogP contribution is 2.24. The van der Waals surface area contributed by atoms with Gasteiger partial charge in [0.1, 0.15) is 5.82 Å². The number of halogens is 1. The molecule has 3 rings (SSSR count). The van der Waals surface area contributed by atoms with Crippen molar-refractivity contribution in [2.24, 2.45) is 5.41 Å². The molecule has 146 valence electrons. The summed E-state index contributed by atoms with van der Waals surface area (Å²) in [6.45, 7) is 3.40. The number of nitrogens with one attached hydrogen (secondary N) is 1. The number of nitrogens with zero attached hydrogens (tertiary/aromatic N) is 4. The van der Waals surface area contributed by atoms with Crippen LogP contribution in [0.1, 0.15) is 20.3 Å². The number of carbonyl (C=O) groups excluding carboxylic acids is 1. The molecule has 0 bridgehead atoms. The van der Waals surface area contributed by atoms with Crippen LogP contribution >= 0.6 is 0 Å². The molecule has 0 fully saturated rings. The van der Waals surface area contributed by atoms with Crippen molar-refractivity contribution in [1.82, 2.24) is 25.0 Å². The first-order valence-electron chi connectivity index (χ1n) is 8.63. The molecule has 0 aliphatic heterocycles. The zero-order chi connectivity index (χ0) is 20.3. The van der Waals surface area contributed by atoms with E-state index in [0.717, 1.165) is 6.20 Å². The van der Waals surface area contributed by atoms with Gasteiger partial charge in [-0.2, -0.15) is 15.0 Å². The third-order valence-corrected chi connectivity index (χ3v) is 4.60. The molecule has 0 aliphatic carbocycles. The number of hydrogen-bond donors (Lipinski definition) is 2. The van der Waals surface area contributed by atoms with Crippen molar-refractivity contribution in [3.05, 3.63) is 65.1 Å². The SMILES string of the molecule is CC(C)(CCn1cc(F)c(-c2ccc(-n3nccn3)cc2)cc1=O)C(=O)NO. The molecule has 0 saturated carbocycles. The Balaban J connectivity index is 1.82. The standard InChI is InChI=1S/C19H20FN5O3/c1-19(2,18(27)23-28)7-10-24-12-16(20)15(11-17(24)26)13-3-5-14(6-4-13)25-21-8-9-22-25/h3-6,8-9,11-12,28H,7,10H2,1-2H3,(H,23,27). The molecule has 2 N–H and O–H groups in total. The van der Waals surface area contributed by atoms with Crippen LogP contribution in [0.5, 0.6) is 0 Å². The van der Waals surface area contributed by atoms with Crippen LogP contribution in [0.15, 0.2) is 53.7 Å². The maximum atomic E-state index is 14.6. The first-order chi connectivity index (χ1) is 13.3. The Hall–Kier alpha value is -3.33. The fraction of sp³-hybridized carbons (Fsp3) is 0.263. The van der Waals surface area contributed by atoms with Crippen LogP contribution in [0.2, 0.25) is 0 Å². The van der Waals surface area contributed by atoms with Crippen LogP contribution in [0.4, 0.5) is 4.39 Å². The van der Waals surface area contributed by atoms with Crippen LogP contribution < -0.4 is 11.0 Å². The quantitative estimate of drug-likeness (QED) is 0.500. The lowest BCUT2D eigenvalue weighted by molar-refractivity contribution is -0.138. The molecule has 0 radical (unpaired) electrons. The number of aryl methyl sites for hydroxylation is 1. The van der Waals surface area contributed by atoms with Gasteiger partial charge in [0.2, 0.25) is 5.91 Å². The molecule has 2 heterocycles. The predicted octanol–water partition coefficient (Wildman–Crippen LogP) is 2.16. The molecule has 0 unspecified atom stereocenters. The van der Waals surface area contributed by atoms with Gasteiger partial charge in [-0.1, -0.05) is 26.0 Å². The molecule has 0 atom stereocenters. The fourth-order valence-electron chi connectivity index (χ4n) is 2.73. The molecule has 0 saturated heterocycles. The van der Waals surface area contributed by atoms with Gasteiger partial charge in [-0.3, -0.25) is 14.8 Å². The first-order valence-corrected chi connectivity index (χ1v) is 8.63. The first kappa shape index (κ1) is 19.4. The van der Waals surface area contributed by atoms with Gasteiger partial charge in [-0.25, -0.2) is 9.87 Å². The second kappa shape index (κ2) is 7.73. The summed E-state index contributed by atoms with van der Waals surface area (Å²) < 4.78 is 15.8. The topological polar surface area (TPSA) is 102 Å². The van der Waals surface area contributed by atoms with Crippen molar-refractivity contribution in [3.8, 4) is 16.8 Å². The van der Waals surface area contributed by atoms with Crippen LogP contribution in [0.3, 0.4) is 0 Å². The number of pyridine rings is 1. The summed E-state index contributed by atoms with van der Waals surface area (Å²) in [5.74, 6) is -1.11. The number of amides is 1. The van der Waals surface area contributed by atoms with Gasteiger partial charge in [0.15, 0.2) is 0 Å². The highest BCUT2D eigenvalue weighted by Gasteiger charge is 2.27. The number of benzene rings is 1. The van der Waals surface area contributed by atoms with E-state index >= 15 is 0 Å². The van der Waals surface area contributed by atoms with Gasteiger partial charge in [-0.05, 0) is 24.1 Å². The second-order valence-electron chi connectivity index (χ2n) is 7.01. The van der Waals surface area contributed by atoms with Crippen LogP contribution in [0, 0.1) is 11.2 Å². The largest absolute Gasteiger partial charge is 0.313 e. The van der Waals surface area contributed by atoms with E-state index in [1.807, 2.05) is 0 Å². The average Bonchev–Trinajstić information content (AvgIpc) is 3.22. The predicted molar refractivity (Wildman–Crippen MR) is 99.3 cm³/mol. The highest BCUT2D eigenvalue weighted by atomic mass is 19.1. The van der Waals surface area contributed by atoms with Gasteiger partial charge >= 0.3 is 0 Å². The van der Waals surface area contributed by atoms with E-state index in [2.05, 4.69) is 10.2 Å². The summed E-state index contributed by atoms with van der Waals surface area (Å²) in [4.78, 5) is 25.5. The van der Waals surface area contributed by atoms with Gasteiger partial charge < -0.3 is 4.57 Å². The zero-order valence-corrected chi connectivity index (χ0v) is 15.5. The number of rotatable bonds is 6. The van der Waals surface area contributed by atoms with E-state index in [1.165, 1.54) is 15.4 Å². The minimum atomic E-state index is -0.903. The molecule has 3 aromatic rings. The Morgan fingerprint density at radius 3 is 2.46 bits per heavy atom. The van der Waals surface area contributed by atoms with Gasteiger partial charge in [-0.15, -0.1) is 0 Å². The minimum absolute atomic E-state index is 0.139. The van der Waals surface area contributed by atoms with Crippen LogP contribution in [-0.2, 0) is 11.3 Å². The molecule has 9 heteroatoms. The average molecular weight is 385 g/mol. The summed E-state index contributed by atoms with van der Waals surface area (Å²) in [7, 11) is 0. The number of aromatic nitrogens is 4. The van der Waals surface area contributed by atoms with E-state index < -0.39 is 17.1 Å². The smallest absolute Gasteiger partial charge is 0.251 e. The van der Waals surface area contributed by atoms with E-state index in [9.17, 15) is 14.0 Å². The second-order valence-corrected chi connectivity index (χ2v) is 7.01. The van der Waals surface area contributed by atoms with E-state index in [0.29, 0.717) is 11.3 Å². The third kappa shape index (κ3) is 3.99. The molecule has 2 aromatic heterocycles. The lowest BCUT2D eigenvalue weighted by Gasteiger charge is -2.22. The lowest BCUT2D eigenvalue weighted by Crippen LogP contribution is -2.36. The fourth-order valence-corrected chi connectivity index (χ4v) is 2.73. The Kier molecular flexibility index (Phi) is 5.36.